The predicted octanol–water partition coefficient (Wildman–Crippen LogP) is 4.83. The first-order chi connectivity index (χ1) is 17.4. The van der Waals surface area contributed by atoms with Gasteiger partial charge in [0.1, 0.15) is 11.4 Å². The van der Waals surface area contributed by atoms with E-state index in [2.05, 4.69) is 15.3 Å². The van der Waals surface area contributed by atoms with Gasteiger partial charge in [-0.3, -0.25) is 4.79 Å². The van der Waals surface area contributed by atoms with E-state index in [9.17, 15) is 31.5 Å². The highest BCUT2D eigenvalue weighted by Gasteiger charge is 2.60. The van der Waals surface area contributed by atoms with Crippen LogP contribution in [0.25, 0.3) is 0 Å². The Kier molecular flexibility index (Phi) is 6.36. The normalized spacial score (nSPS) is 27.3. The molecule has 2 fully saturated rings. The number of aliphatic hydroxyl groups is 1. The lowest BCUT2D eigenvalue weighted by atomic mass is 9.72. The number of halogens is 4. The molecule has 3 unspecified atom stereocenters. The van der Waals surface area contributed by atoms with E-state index in [4.69, 9.17) is 11.6 Å². The molecule has 196 valence electrons. The molecule has 2 aliphatic rings. The van der Waals surface area contributed by atoms with Crippen molar-refractivity contribution in [1.29, 1.82) is 0 Å². The van der Waals surface area contributed by atoms with E-state index in [1.165, 1.54) is 12.1 Å². The fourth-order valence-corrected chi connectivity index (χ4v) is 8.27. The van der Waals surface area contributed by atoms with Crippen molar-refractivity contribution in [3.8, 4) is 0 Å². The minimum Gasteiger partial charge on any atom is -0.381 e. The summed E-state index contributed by atoms with van der Waals surface area (Å²) < 4.78 is 67.7. The predicted molar refractivity (Wildman–Crippen MR) is 129 cm³/mol. The third-order valence-corrected chi connectivity index (χ3v) is 10.3. The maximum absolute atomic E-state index is 13.7. The van der Waals surface area contributed by atoms with Crippen LogP contribution in [0.2, 0.25) is 5.02 Å². The number of imidazole rings is 1. The molecule has 1 amide bonds. The van der Waals surface area contributed by atoms with Crippen LogP contribution in [0.15, 0.2) is 47.6 Å². The van der Waals surface area contributed by atoms with Crippen LogP contribution in [-0.2, 0) is 15.4 Å². The summed E-state index contributed by atoms with van der Waals surface area (Å²) >= 11 is 6.26. The molecule has 2 bridgehead atoms. The lowest BCUT2D eigenvalue weighted by Gasteiger charge is -2.41. The lowest BCUT2D eigenvalue weighted by molar-refractivity contribution is -0.0764. The summed E-state index contributed by atoms with van der Waals surface area (Å²) in [4.78, 5) is 19.7. The molecule has 12 heteroatoms. The molecular formula is C25H23ClF3N3O4S. The molecule has 0 aliphatic heterocycles. The Morgan fingerprint density at radius 2 is 1.86 bits per heavy atom. The number of carbonyl (C=O) groups excluding carboxylic acids is 1. The Hall–Kier alpha value is -2.89. The molecule has 5 rings (SSSR count). The fourth-order valence-electron chi connectivity index (χ4n) is 5.89. The molecule has 2 saturated carbocycles. The number of aromatic nitrogens is 2. The van der Waals surface area contributed by atoms with Crippen LogP contribution < -0.4 is 5.32 Å². The Morgan fingerprint density at radius 1 is 1.16 bits per heavy atom. The number of rotatable bonds is 5. The first kappa shape index (κ1) is 25.7. The molecule has 2 aliphatic carbocycles. The largest absolute Gasteiger partial charge is 0.381 e. The van der Waals surface area contributed by atoms with Gasteiger partial charge in [-0.05, 0) is 55.2 Å². The summed E-state index contributed by atoms with van der Waals surface area (Å²) in [5, 5.41) is 12.9. The van der Waals surface area contributed by atoms with E-state index >= 15 is 0 Å². The van der Waals surface area contributed by atoms with Crippen LogP contribution in [0.3, 0.4) is 0 Å². The highest BCUT2D eigenvalue weighted by molar-refractivity contribution is 7.92. The minimum absolute atomic E-state index is 0.0596. The number of hydrogen-bond donors (Lipinski definition) is 3. The molecule has 37 heavy (non-hydrogen) atoms. The van der Waals surface area contributed by atoms with Crippen molar-refractivity contribution in [1.82, 2.24) is 9.97 Å². The molecule has 0 spiro atoms. The Morgan fingerprint density at radius 3 is 2.49 bits per heavy atom. The van der Waals surface area contributed by atoms with Gasteiger partial charge in [-0.25, -0.2) is 26.6 Å². The second-order valence-corrected chi connectivity index (χ2v) is 12.4. The average Bonchev–Trinajstić information content (AvgIpc) is 3.41. The number of nitrogens with zero attached hydrogens (tertiary/aromatic N) is 1. The summed E-state index contributed by atoms with van der Waals surface area (Å²) in [5.74, 6) is -5.71. The van der Waals surface area contributed by atoms with Gasteiger partial charge in [-0.2, -0.15) is 0 Å². The van der Waals surface area contributed by atoms with Gasteiger partial charge in [-0.15, -0.1) is 0 Å². The second kappa shape index (κ2) is 9.14. The molecule has 0 radical (unpaired) electrons. The molecular weight excluding hydrogens is 531 g/mol. The van der Waals surface area contributed by atoms with Crippen molar-refractivity contribution in [2.24, 2.45) is 17.8 Å². The van der Waals surface area contributed by atoms with Crippen molar-refractivity contribution in [2.45, 2.75) is 41.9 Å². The number of amides is 1. The van der Waals surface area contributed by atoms with Crippen molar-refractivity contribution in [3.63, 3.8) is 0 Å². The average molecular weight is 554 g/mol. The molecule has 7 nitrogen and oxygen atoms in total. The number of nitrogens with one attached hydrogen (secondary N) is 2. The minimum atomic E-state index is -4.03. The van der Waals surface area contributed by atoms with E-state index in [0.717, 1.165) is 6.07 Å². The zero-order valence-corrected chi connectivity index (χ0v) is 21.1. The Balaban J connectivity index is 1.42. The van der Waals surface area contributed by atoms with Crippen LogP contribution >= 0.6 is 11.6 Å². The maximum atomic E-state index is 13.7. The standard InChI is InChI=1S/C25H23ClF3N3O4S/c1-12-6-14-8-16(11-17(12)25(14,34)24-30-4-5-31-24)37(35,36)21-7-13(2-3-18(21)26)23(33)32-15-9-19(27)22(29)20(28)10-15/h2-5,7,9-10,12,14,16-17,34H,6,8,11H2,1H3,(H,30,31)(H,32,33)/t12-,14?,16?,17?,25+/m0/s1. The van der Waals surface area contributed by atoms with Gasteiger partial charge < -0.3 is 15.4 Å². The third-order valence-electron chi connectivity index (χ3n) is 7.65. The number of anilines is 1. The molecule has 1 aromatic heterocycles. The monoisotopic (exact) mass is 553 g/mol. The van der Waals surface area contributed by atoms with Crippen LogP contribution in [0.1, 0.15) is 42.4 Å². The zero-order chi connectivity index (χ0) is 26.7. The van der Waals surface area contributed by atoms with Gasteiger partial charge in [0.2, 0.25) is 0 Å². The summed E-state index contributed by atoms with van der Waals surface area (Å²) in [6, 6.07) is 4.87. The summed E-state index contributed by atoms with van der Waals surface area (Å²) in [7, 11) is -4.03. The first-order valence-electron chi connectivity index (χ1n) is 11.6. The fraction of sp³-hybridized carbons (Fsp3) is 0.360. The summed E-state index contributed by atoms with van der Waals surface area (Å²) in [5.41, 5.74) is -1.72. The van der Waals surface area contributed by atoms with Crippen LogP contribution in [-0.4, -0.2) is 34.6 Å². The van der Waals surface area contributed by atoms with Gasteiger partial charge in [-0.1, -0.05) is 18.5 Å². The van der Waals surface area contributed by atoms with Crippen molar-refractivity contribution < 1.29 is 31.5 Å². The van der Waals surface area contributed by atoms with E-state index in [0.29, 0.717) is 24.4 Å². The van der Waals surface area contributed by atoms with Gasteiger partial charge in [0.25, 0.3) is 5.91 Å². The topological polar surface area (TPSA) is 112 Å². The molecule has 0 saturated heterocycles. The number of fused-ring (bicyclic) bond motifs is 2. The number of benzene rings is 2. The van der Waals surface area contributed by atoms with Crippen LogP contribution in [0.4, 0.5) is 18.9 Å². The van der Waals surface area contributed by atoms with Crippen LogP contribution in [0, 0.1) is 35.2 Å². The highest BCUT2D eigenvalue weighted by Crippen LogP contribution is 2.58. The number of aromatic amines is 1. The molecule has 3 N–H and O–H groups in total. The molecule has 3 aromatic rings. The van der Waals surface area contributed by atoms with Gasteiger partial charge in [0.15, 0.2) is 27.3 Å². The molecule has 1 heterocycles. The van der Waals surface area contributed by atoms with E-state index < -0.39 is 44.0 Å². The van der Waals surface area contributed by atoms with E-state index in [-0.39, 0.29) is 51.8 Å². The summed E-state index contributed by atoms with van der Waals surface area (Å²) in [6.45, 7) is 1.98. The van der Waals surface area contributed by atoms with Crippen molar-refractivity contribution in [3.05, 3.63) is 76.6 Å². The van der Waals surface area contributed by atoms with Crippen molar-refractivity contribution in [2.75, 3.05) is 5.32 Å². The number of H-pyrrole nitrogens is 1. The highest BCUT2D eigenvalue weighted by atomic mass is 35.5. The number of sulfone groups is 1. The Bertz CT molecular complexity index is 1460. The van der Waals surface area contributed by atoms with Gasteiger partial charge in [0.05, 0.1) is 15.2 Å². The first-order valence-corrected chi connectivity index (χ1v) is 13.6. The van der Waals surface area contributed by atoms with E-state index in [1.807, 2.05) is 6.92 Å². The second-order valence-electron chi connectivity index (χ2n) is 9.77. The number of carbonyl (C=O) groups is 1. The SMILES string of the molecule is C[C@H]1CC2CC(S(=O)(=O)c3cc(C(=O)Nc4cc(F)c(F)c(F)c4)ccc3Cl)CC1[C@@]2(O)c1ncc[nH]1. The zero-order valence-electron chi connectivity index (χ0n) is 19.5. The molecule has 2 aromatic carbocycles. The third kappa shape index (κ3) is 4.22. The van der Waals surface area contributed by atoms with E-state index in [1.54, 1.807) is 12.4 Å². The lowest BCUT2D eigenvalue weighted by Crippen LogP contribution is -2.47. The van der Waals surface area contributed by atoms with Gasteiger partial charge in [0, 0.05) is 35.8 Å². The summed E-state index contributed by atoms with van der Waals surface area (Å²) in [6.07, 6.45) is 4.16. The molecule has 5 atom stereocenters. The number of hydrogen-bond acceptors (Lipinski definition) is 5. The van der Waals surface area contributed by atoms with Crippen molar-refractivity contribution >= 4 is 33.0 Å². The Labute approximate surface area is 216 Å². The smallest absolute Gasteiger partial charge is 0.255 e. The quantitative estimate of drug-likeness (QED) is 0.392. The van der Waals surface area contributed by atoms with Gasteiger partial charge >= 0.3 is 0 Å². The maximum Gasteiger partial charge on any atom is 0.255 e. The van der Waals surface area contributed by atoms with Crippen LogP contribution in [0.5, 0.6) is 0 Å².